The Kier molecular flexibility index (Phi) is 11.7. The molecule has 4 aliphatic rings. The van der Waals surface area contributed by atoms with Crippen LogP contribution in [0.2, 0.25) is 0 Å². The summed E-state index contributed by atoms with van der Waals surface area (Å²) in [6.07, 6.45) is -2.99. The van der Waals surface area contributed by atoms with E-state index < -0.39 is 24.6 Å². The molecule has 1 amide bonds. The van der Waals surface area contributed by atoms with Gasteiger partial charge in [0.15, 0.2) is 0 Å². The van der Waals surface area contributed by atoms with Crippen LogP contribution in [-0.2, 0) is 15.9 Å². The van der Waals surface area contributed by atoms with Crippen LogP contribution >= 0.6 is 21.6 Å². The fourth-order valence-electron chi connectivity index (χ4n) is 8.34. The van der Waals surface area contributed by atoms with E-state index >= 15 is 0 Å². The molecule has 3 aliphatic carbocycles. The van der Waals surface area contributed by atoms with Crippen LogP contribution in [0.5, 0.6) is 5.75 Å². The van der Waals surface area contributed by atoms with E-state index in [9.17, 15) is 31.1 Å². The van der Waals surface area contributed by atoms with Gasteiger partial charge in [0.2, 0.25) is 0 Å². The van der Waals surface area contributed by atoms with Gasteiger partial charge in [0.25, 0.3) is 5.60 Å². The van der Waals surface area contributed by atoms with Crippen molar-refractivity contribution in [2.24, 2.45) is 17.3 Å². The van der Waals surface area contributed by atoms with E-state index in [1.54, 1.807) is 0 Å². The number of hydrogen-bond acceptors (Lipinski definition) is 6. The zero-order chi connectivity index (χ0) is 34.0. The third-order valence-corrected chi connectivity index (χ3v) is 13.7. The second-order valence-electron chi connectivity index (χ2n) is 14.0. The van der Waals surface area contributed by atoms with E-state index in [4.69, 9.17) is 9.47 Å². The van der Waals surface area contributed by atoms with Gasteiger partial charge in [0.1, 0.15) is 5.75 Å². The van der Waals surface area contributed by atoms with Crippen LogP contribution in [0, 0.1) is 17.3 Å². The van der Waals surface area contributed by atoms with Crippen molar-refractivity contribution in [1.29, 1.82) is 0 Å². The van der Waals surface area contributed by atoms with Crippen molar-refractivity contribution in [3.05, 3.63) is 29.3 Å². The normalized spacial score (nSPS) is 29.5. The second kappa shape index (κ2) is 14.9. The van der Waals surface area contributed by atoms with E-state index in [0.29, 0.717) is 30.0 Å². The molecule has 5 nitrogen and oxygen atoms in total. The summed E-state index contributed by atoms with van der Waals surface area (Å²) in [5.41, 5.74) is -1.74. The molecule has 3 fully saturated rings. The Morgan fingerprint density at radius 3 is 2.45 bits per heavy atom. The van der Waals surface area contributed by atoms with Gasteiger partial charge in [0.05, 0.1) is 12.7 Å². The van der Waals surface area contributed by atoms with Crippen LogP contribution in [0.25, 0.3) is 0 Å². The number of unbranched alkanes of at least 4 members (excludes halogenated alkanes) is 1. The molecule has 266 valence electrons. The number of amides is 1. The average molecular weight is 712 g/mol. The summed E-state index contributed by atoms with van der Waals surface area (Å²) in [6, 6.07) is 6.31. The molecule has 0 radical (unpaired) electrons. The van der Waals surface area contributed by atoms with Gasteiger partial charge in [0, 0.05) is 30.7 Å². The van der Waals surface area contributed by atoms with E-state index in [-0.39, 0.29) is 43.6 Å². The van der Waals surface area contributed by atoms with Gasteiger partial charge in [-0.05, 0) is 111 Å². The van der Waals surface area contributed by atoms with Gasteiger partial charge >= 0.3 is 18.4 Å². The van der Waals surface area contributed by atoms with Crippen molar-refractivity contribution < 1.29 is 45.3 Å². The maximum absolute atomic E-state index is 13.3. The topological polar surface area (TPSA) is 48.0 Å². The van der Waals surface area contributed by atoms with Crippen LogP contribution in [0.3, 0.4) is 0 Å². The highest BCUT2D eigenvalue weighted by Crippen LogP contribution is 2.61. The van der Waals surface area contributed by atoms with E-state index in [1.165, 1.54) is 11.1 Å². The number of fused-ring (bicyclic) bond motifs is 5. The molecular weight excluding hydrogens is 664 g/mol. The third kappa shape index (κ3) is 7.72. The molecule has 0 N–H and O–H groups in total. The van der Waals surface area contributed by atoms with Crippen LogP contribution in [0.1, 0.15) is 95.6 Å². The van der Waals surface area contributed by atoms with Crippen molar-refractivity contribution in [2.75, 3.05) is 31.3 Å². The summed E-state index contributed by atoms with van der Waals surface area (Å²) in [7, 11) is 3.67. The summed E-state index contributed by atoms with van der Waals surface area (Å²) < 4.78 is 95.2. The van der Waals surface area contributed by atoms with Crippen molar-refractivity contribution in [3.63, 3.8) is 0 Å². The van der Waals surface area contributed by atoms with Gasteiger partial charge in [-0.25, -0.2) is 4.79 Å². The number of halogens is 6. The van der Waals surface area contributed by atoms with Gasteiger partial charge in [-0.2, -0.15) is 26.3 Å². The molecule has 1 aliphatic heterocycles. The Bertz CT molecular complexity index is 1210. The van der Waals surface area contributed by atoms with E-state index in [1.807, 2.05) is 38.6 Å². The van der Waals surface area contributed by atoms with Crippen LogP contribution in [-0.4, -0.2) is 72.4 Å². The number of carbonyl (C=O) groups excluding carboxylic acids is 1. The zero-order valence-electron chi connectivity index (χ0n) is 27.4. The second-order valence-corrected chi connectivity index (χ2v) is 16.6. The molecule has 5 rings (SSSR count). The molecule has 0 aromatic heterocycles. The summed E-state index contributed by atoms with van der Waals surface area (Å²) in [5.74, 6) is 3.83. The quantitative estimate of drug-likeness (QED) is 0.129. The summed E-state index contributed by atoms with van der Waals surface area (Å²) in [5, 5.41) is 0. The standard InChI is InChI=1S/C34H47F6NO4S2/c1-4-5-16-41(23-14-19-46-47-21-23)30(42)45-24-8-10-25-22(20-24)7-9-27-26(25)13-15-31(2)28(27)11-12-29(31)43-17-6-18-44-32(3,33(35,36)37)34(38,39)40/h8,10,20,23,26-29H,4-7,9,11-19,21H2,1-3H3. The summed E-state index contributed by atoms with van der Waals surface area (Å²) >= 11 is 0. The van der Waals surface area contributed by atoms with E-state index in [0.717, 1.165) is 69.3 Å². The smallest absolute Gasteiger partial charge is 0.410 e. The Hall–Kier alpha value is -1.31. The number of aryl methyl sites for hydroxylation is 1. The lowest BCUT2D eigenvalue weighted by Gasteiger charge is -2.50. The number of ether oxygens (including phenoxy) is 3. The zero-order valence-corrected chi connectivity index (χ0v) is 29.0. The molecule has 47 heavy (non-hydrogen) atoms. The minimum Gasteiger partial charge on any atom is -0.410 e. The molecule has 0 spiro atoms. The van der Waals surface area contributed by atoms with Crippen LogP contribution < -0.4 is 4.74 Å². The van der Waals surface area contributed by atoms with Crippen molar-refractivity contribution in [1.82, 2.24) is 4.90 Å². The summed E-state index contributed by atoms with van der Waals surface area (Å²) in [6.45, 7) is 4.44. The lowest BCUT2D eigenvalue weighted by atomic mass is 9.55. The number of carbonyl (C=O) groups is 1. The van der Waals surface area contributed by atoms with Crippen molar-refractivity contribution in [2.45, 2.75) is 121 Å². The maximum Gasteiger partial charge on any atom is 0.426 e. The molecule has 1 aromatic carbocycles. The molecule has 0 bridgehead atoms. The molecule has 6 atom stereocenters. The molecular formula is C34H47F6NO4S2. The number of benzene rings is 1. The Morgan fingerprint density at radius 1 is 1.00 bits per heavy atom. The number of nitrogens with zero attached hydrogens (tertiary/aromatic N) is 1. The Balaban J connectivity index is 1.16. The minimum atomic E-state index is -5.57. The van der Waals surface area contributed by atoms with Crippen molar-refractivity contribution >= 4 is 27.7 Å². The van der Waals surface area contributed by atoms with E-state index in [2.05, 4.69) is 24.7 Å². The SMILES string of the molecule is CCCCN(C(=O)Oc1ccc2c(c1)CCC1C2CCC2(C)C(OCCCOC(C)(C(F)(F)F)C(F)(F)F)CCC12)C1CCSSC1. The molecule has 1 saturated heterocycles. The molecule has 1 heterocycles. The highest BCUT2D eigenvalue weighted by molar-refractivity contribution is 8.76. The van der Waals surface area contributed by atoms with Gasteiger partial charge in [-0.3, -0.25) is 0 Å². The highest BCUT2D eigenvalue weighted by atomic mass is 33.1. The van der Waals surface area contributed by atoms with Gasteiger partial charge in [-0.15, -0.1) is 0 Å². The lowest BCUT2D eigenvalue weighted by molar-refractivity contribution is -0.374. The molecule has 13 heteroatoms. The number of rotatable bonds is 11. The fraction of sp³-hybridized carbons (Fsp3) is 0.794. The Labute approximate surface area is 282 Å². The van der Waals surface area contributed by atoms with Gasteiger partial charge < -0.3 is 19.1 Å². The Morgan fingerprint density at radius 2 is 1.77 bits per heavy atom. The first-order chi connectivity index (χ1) is 22.2. The average Bonchev–Trinajstić information content (AvgIpc) is 3.36. The fourth-order valence-corrected chi connectivity index (χ4v) is 10.8. The maximum atomic E-state index is 13.3. The highest BCUT2D eigenvalue weighted by Gasteiger charge is 2.69. The number of alkyl halides is 6. The monoisotopic (exact) mass is 711 g/mol. The van der Waals surface area contributed by atoms with Crippen LogP contribution in [0.4, 0.5) is 31.1 Å². The first kappa shape index (κ1) is 37.0. The number of hydrogen-bond donors (Lipinski definition) is 0. The van der Waals surface area contributed by atoms with Gasteiger partial charge in [-0.1, -0.05) is 47.9 Å². The lowest BCUT2D eigenvalue weighted by Crippen LogP contribution is -2.56. The molecule has 2 saturated carbocycles. The van der Waals surface area contributed by atoms with Crippen LogP contribution in [0.15, 0.2) is 18.2 Å². The first-order valence-electron chi connectivity index (χ1n) is 16.9. The predicted octanol–water partition coefficient (Wildman–Crippen LogP) is 9.97. The summed E-state index contributed by atoms with van der Waals surface area (Å²) in [4.78, 5) is 15.2. The largest absolute Gasteiger partial charge is 0.426 e. The third-order valence-electron chi connectivity index (χ3n) is 11.2. The first-order valence-corrected chi connectivity index (χ1v) is 19.4. The molecule has 1 aromatic rings. The molecule has 6 unspecified atom stereocenters. The van der Waals surface area contributed by atoms with Crippen molar-refractivity contribution in [3.8, 4) is 5.75 Å². The minimum absolute atomic E-state index is 0.0313. The predicted molar refractivity (Wildman–Crippen MR) is 173 cm³/mol.